The number of alkyl halides is 3. The molecule has 0 unspecified atom stereocenters. The van der Waals surface area contributed by atoms with Crippen molar-refractivity contribution < 1.29 is 17.9 Å². The molecule has 0 spiro atoms. The molecule has 5 rings (SSSR count). The van der Waals surface area contributed by atoms with Gasteiger partial charge in [0, 0.05) is 35.2 Å². The molecule has 0 bridgehead atoms. The molecule has 0 saturated heterocycles. The van der Waals surface area contributed by atoms with Crippen LogP contribution in [0.2, 0.25) is 0 Å². The first-order valence-electron chi connectivity index (χ1n) is 10.5. The van der Waals surface area contributed by atoms with Crippen LogP contribution < -0.4 is 4.74 Å². The van der Waals surface area contributed by atoms with Gasteiger partial charge in [-0.2, -0.15) is 23.4 Å². The van der Waals surface area contributed by atoms with Gasteiger partial charge in [-0.15, -0.1) is 11.3 Å². The number of hydrogen-bond donors (Lipinski definition) is 0. The van der Waals surface area contributed by atoms with Gasteiger partial charge in [0.2, 0.25) is 0 Å². The molecule has 3 aromatic heterocycles. The number of nitrogens with zero attached hydrogens (tertiary/aromatic N) is 6. The Morgan fingerprint density at radius 3 is 2.82 bits per heavy atom. The molecule has 0 atom stereocenters. The van der Waals surface area contributed by atoms with Crippen molar-refractivity contribution in [3.05, 3.63) is 41.8 Å². The Balaban J connectivity index is 1.49. The predicted molar refractivity (Wildman–Crippen MR) is 118 cm³/mol. The summed E-state index contributed by atoms with van der Waals surface area (Å²) in [6.45, 7) is 4.37. The fourth-order valence-electron chi connectivity index (χ4n) is 3.80. The van der Waals surface area contributed by atoms with E-state index < -0.39 is 12.7 Å². The first-order chi connectivity index (χ1) is 15.8. The number of halogens is 3. The van der Waals surface area contributed by atoms with Crippen LogP contribution in [0.25, 0.3) is 33.2 Å². The monoisotopic (exact) mass is 474 g/mol. The zero-order chi connectivity index (χ0) is 23.2. The molecule has 4 aromatic rings. The highest BCUT2D eigenvalue weighted by molar-refractivity contribution is 7.15. The standard InChI is InChI=1S/C22H21F3N6OS/c1-13(2)9-30-10-15(8-27-30)14-3-4-16-17(7-14)32-6-5-18-19(16)29-21(33-18)20-26-12-28-31(20)11-22(23,24)25/h3-4,7-8,10,12-13H,5-6,9,11H2,1-2H3. The largest absolute Gasteiger partial charge is 0.492 e. The van der Waals surface area contributed by atoms with Gasteiger partial charge < -0.3 is 4.74 Å². The number of hydrogen-bond acceptors (Lipinski definition) is 6. The van der Waals surface area contributed by atoms with E-state index in [1.807, 2.05) is 35.3 Å². The molecular formula is C22H21F3N6OS. The number of fused-ring (bicyclic) bond motifs is 3. The number of benzene rings is 1. The molecule has 1 aliphatic rings. The van der Waals surface area contributed by atoms with Crippen LogP contribution in [-0.4, -0.2) is 42.3 Å². The molecule has 0 aliphatic carbocycles. The highest BCUT2D eigenvalue weighted by atomic mass is 32.1. The van der Waals surface area contributed by atoms with Crippen molar-refractivity contribution >= 4 is 11.3 Å². The van der Waals surface area contributed by atoms with Crippen LogP contribution in [0.4, 0.5) is 13.2 Å². The second-order valence-corrected chi connectivity index (χ2v) is 9.39. The molecule has 0 fully saturated rings. The maximum atomic E-state index is 12.9. The van der Waals surface area contributed by atoms with Crippen LogP contribution in [0.15, 0.2) is 36.9 Å². The van der Waals surface area contributed by atoms with Crippen LogP contribution >= 0.6 is 11.3 Å². The molecule has 33 heavy (non-hydrogen) atoms. The van der Waals surface area contributed by atoms with Crippen LogP contribution in [0.1, 0.15) is 18.7 Å². The molecular weight excluding hydrogens is 453 g/mol. The maximum Gasteiger partial charge on any atom is 0.408 e. The SMILES string of the molecule is CC(C)Cn1cc(-c2ccc3c(c2)OCCc2sc(-c4ncnn4CC(F)(F)F)nc2-3)cn1. The zero-order valence-electron chi connectivity index (χ0n) is 18.0. The number of aromatic nitrogens is 6. The average Bonchev–Trinajstić information content (AvgIpc) is 3.45. The Kier molecular flexibility index (Phi) is 5.43. The molecule has 0 amide bonds. The lowest BCUT2D eigenvalue weighted by atomic mass is 10.0. The Labute approximate surface area is 191 Å². The van der Waals surface area contributed by atoms with E-state index in [1.165, 1.54) is 11.3 Å². The Bertz CT molecular complexity index is 1290. The average molecular weight is 475 g/mol. The molecule has 0 N–H and O–H groups in total. The quantitative estimate of drug-likeness (QED) is 0.403. The van der Waals surface area contributed by atoms with Crippen LogP contribution in [-0.2, 0) is 19.5 Å². The second-order valence-electron chi connectivity index (χ2n) is 8.30. The van der Waals surface area contributed by atoms with E-state index in [0.29, 0.717) is 35.4 Å². The third kappa shape index (κ3) is 4.50. The molecule has 7 nitrogen and oxygen atoms in total. The third-order valence-electron chi connectivity index (χ3n) is 5.18. The highest BCUT2D eigenvalue weighted by Crippen LogP contribution is 2.41. The van der Waals surface area contributed by atoms with E-state index >= 15 is 0 Å². The summed E-state index contributed by atoms with van der Waals surface area (Å²) in [6.07, 6.45) is 1.18. The van der Waals surface area contributed by atoms with Crippen molar-refractivity contribution in [1.29, 1.82) is 0 Å². The number of thiazole rings is 1. The summed E-state index contributed by atoms with van der Waals surface area (Å²) in [7, 11) is 0. The van der Waals surface area contributed by atoms with Crippen molar-refractivity contribution in [1.82, 2.24) is 29.5 Å². The van der Waals surface area contributed by atoms with Crippen LogP contribution in [0.5, 0.6) is 5.75 Å². The number of ether oxygens (including phenoxy) is 1. The lowest BCUT2D eigenvalue weighted by Crippen LogP contribution is -2.19. The molecule has 1 aromatic carbocycles. The van der Waals surface area contributed by atoms with Crippen molar-refractivity contribution in [3.63, 3.8) is 0 Å². The molecule has 11 heteroatoms. The fraction of sp³-hybridized carbons (Fsp3) is 0.364. The van der Waals surface area contributed by atoms with E-state index in [4.69, 9.17) is 4.74 Å². The van der Waals surface area contributed by atoms with E-state index in [-0.39, 0.29) is 5.82 Å². The van der Waals surface area contributed by atoms with Crippen LogP contribution in [0.3, 0.4) is 0 Å². The van der Waals surface area contributed by atoms with Gasteiger partial charge in [0.1, 0.15) is 18.6 Å². The van der Waals surface area contributed by atoms with Gasteiger partial charge in [-0.1, -0.05) is 19.9 Å². The van der Waals surface area contributed by atoms with Crippen LogP contribution in [0, 0.1) is 5.92 Å². The summed E-state index contributed by atoms with van der Waals surface area (Å²) in [4.78, 5) is 9.63. The Morgan fingerprint density at radius 1 is 1.18 bits per heavy atom. The predicted octanol–water partition coefficient (Wildman–Crippen LogP) is 5.09. The fourth-order valence-corrected chi connectivity index (χ4v) is 4.86. The molecule has 172 valence electrons. The highest BCUT2D eigenvalue weighted by Gasteiger charge is 2.31. The molecule has 0 radical (unpaired) electrons. The minimum atomic E-state index is -4.39. The van der Waals surface area contributed by atoms with Crippen molar-refractivity contribution in [2.45, 2.75) is 39.5 Å². The summed E-state index contributed by atoms with van der Waals surface area (Å²) in [5, 5.41) is 8.58. The lowest BCUT2D eigenvalue weighted by Gasteiger charge is -2.09. The normalized spacial score (nSPS) is 13.5. The third-order valence-corrected chi connectivity index (χ3v) is 6.29. The molecule has 1 aliphatic heterocycles. The van der Waals surface area contributed by atoms with Crippen molar-refractivity contribution in [2.24, 2.45) is 5.92 Å². The first-order valence-corrected chi connectivity index (χ1v) is 11.3. The first kappa shape index (κ1) is 21.6. The summed E-state index contributed by atoms with van der Waals surface area (Å²) in [6, 6.07) is 5.89. The van der Waals surface area contributed by atoms with Gasteiger partial charge in [0.25, 0.3) is 0 Å². The topological polar surface area (TPSA) is 70.7 Å². The molecule has 4 heterocycles. The maximum absolute atomic E-state index is 12.9. The smallest absolute Gasteiger partial charge is 0.408 e. The summed E-state index contributed by atoms with van der Waals surface area (Å²) >= 11 is 1.32. The summed E-state index contributed by atoms with van der Waals surface area (Å²) in [5.41, 5.74) is 3.50. The lowest BCUT2D eigenvalue weighted by molar-refractivity contribution is -0.142. The van der Waals surface area contributed by atoms with E-state index in [2.05, 4.69) is 34.0 Å². The zero-order valence-corrected chi connectivity index (χ0v) is 18.8. The van der Waals surface area contributed by atoms with Gasteiger partial charge in [0.15, 0.2) is 10.8 Å². The van der Waals surface area contributed by atoms with E-state index in [9.17, 15) is 13.2 Å². The van der Waals surface area contributed by atoms with Gasteiger partial charge >= 0.3 is 6.18 Å². The summed E-state index contributed by atoms with van der Waals surface area (Å²) in [5.74, 6) is 1.30. The van der Waals surface area contributed by atoms with Crippen molar-refractivity contribution in [2.75, 3.05) is 6.61 Å². The van der Waals surface area contributed by atoms with Gasteiger partial charge in [-0.25, -0.2) is 14.6 Å². The van der Waals surface area contributed by atoms with Gasteiger partial charge in [-0.3, -0.25) is 4.68 Å². The van der Waals surface area contributed by atoms with E-state index in [1.54, 1.807) is 0 Å². The van der Waals surface area contributed by atoms with Crippen molar-refractivity contribution in [3.8, 4) is 39.0 Å². The minimum absolute atomic E-state index is 0.113. The molecule has 0 saturated carbocycles. The number of rotatable bonds is 5. The van der Waals surface area contributed by atoms with E-state index in [0.717, 1.165) is 39.1 Å². The van der Waals surface area contributed by atoms with Gasteiger partial charge in [-0.05, 0) is 23.6 Å². The minimum Gasteiger partial charge on any atom is -0.492 e. The Morgan fingerprint density at radius 2 is 2.03 bits per heavy atom. The second kappa shape index (κ2) is 8.29. The summed E-state index contributed by atoms with van der Waals surface area (Å²) < 4.78 is 47.5. The Hall–Kier alpha value is -3.21. The van der Waals surface area contributed by atoms with Gasteiger partial charge in [0.05, 0.1) is 18.5 Å².